The van der Waals surface area contributed by atoms with Crippen molar-refractivity contribution in [3.8, 4) is 0 Å². The predicted octanol–water partition coefficient (Wildman–Crippen LogP) is 2.68. The summed E-state index contributed by atoms with van der Waals surface area (Å²) < 4.78 is 5.79. The Bertz CT molecular complexity index is 344. The van der Waals surface area contributed by atoms with E-state index in [0.29, 0.717) is 0 Å². The van der Waals surface area contributed by atoms with Gasteiger partial charge in [0.05, 0.1) is 11.6 Å². The van der Waals surface area contributed by atoms with E-state index in [2.05, 4.69) is 11.9 Å². The van der Waals surface area contributed by atoms with Gasteiger partial charge in [0.25, 0.3) is 0 Å². The van der Waals surface area contributed by atoms with Crippen molar-refractivity contribution in [1.82, 2.24) is 4.98 Å². The van der Waals surface area contributed by atoms with Crippen LogP contribution >= 0.6 is 0 Å². The largest absolute Gasteiger partial charge is 0.376 e. The molecule has 0 saturated heterocycles. The van der Waals surface area contributed by atoms with E-state index < -0.39 is 0 Å². The first-order chi connectivity index (χ1) is 8.18. The van der Waals surface area contributed by atoms with Gasteiger partial charge in [-0.2, -0.15) is 0 Å². The number of nitrogens with zero attached hydrogens (tertiary/aromatic N) is 1. The minimum Gasteiger partial charge on any atom is -0.376 e. The van der Waals surface area contributed by atoms with Gasteiger partial charge in [0.1, 0.15) is 0 Å². The fourth-order valence-corrected chi connectivity index (χ4v) is 2.76. The highest BCUT2D eigenvalue weighted by atomic mass is 16.5. The molecular formula is C14H22N2O. The molecule has 1 atom stereocenters. The Labute approximate surface area is 103 Å². The van der Waals surface area contributed by atoms with Crippen LogP contribution in [0.15, 0.2) is 24.5 Å². The van der Waals surface area contributed by atoms with Gasteiger partial charge in [-0.25, -0.2) is 0 Å². The summed E-state index contributed by atoms with van der Waals surface area (Å²) in [7, 11) is 1.78. The van der Waals surface area contributed by atoms with Crippen LogP contribution in [0.4, 0.5) is 0 Å². The van der Waals surface area contributed by atoms with Gasteiger partial charge in [0.2, 0.25) is 0 Å². The Balaban J connectivity index is 2.18. The highest BCUT2D eigenvalue weighted by molar-refractivity contribution is 5.18. The summed E-state index contributed by atoms with van der Waals surface area (Å²) in [6.45, 7) is 2.30. The minimum atomic E-state index is -0.199. The average Bonchev–Trinajstić information content (AvgIpc) is 2.40. The normalized spacial score (nSPS) is 31.1. The summed E-state index contributed by atoms with van der Waals surface area (Å²) in [5.41, 5.74) is 7.27. The zero-order chi connectivity index (χ0) is 12.3. The van der Waals surface area contributed by atoms with Crippen molar-refractivity contribution in [1.29, 1.82) is 0 Å². The lowest BCUT2D eigenvalue weighted by Gasteiger charge is -2.42. The van der Waals surface area contributed by atoms with E-state index in [1.807, 2.05) is 18.3 Å². The van der Waals surface area contributed by atoms with Crippen molar-refractivity contribution in [2.75, 3.05) is 7.11 Å². The van der Waals surface area contributed by atoms with Crippen LogP contribution in [-0.2, 0) is 4.74 Å². The molecule has 1 heterocycles. The molecule has 1 aromatic heterocycles. The van der Waals surface area contributed by atoms with E-state index in [1.54, 1.807) is 13.3 Å². The molecule has 0 bridgehead atoms. The van der Waals surface area contributed by atoms with Gasteiger partial charge in [-0.15, -0.1) is 0 Å². The summed E-state index contributed by atoms with van der Waals surface area (Å²) in [4.78, 5) is 4.15. The molecule has 2 N–H and O–H groups in total. The molecule has 0 radical (unpaired) electrons. The minimum absolute atomic E-state index is 0.0753. The smallest absolute Gasteiger partial charge is 0.0871 e. The maximum Gasteiger partial charge on any atom is 0.0871 e. The van der Waals surface area contributed by atoms with Gasteiger partial charge >= 0.3 is 0 Å². The molecule has 3 heteroatoms. The summed E-state index contributed by atoms with van der Waals surface area (Å²) in [5, 5.41) is 0. The molecule has 94 valence electrons. The van der Waals surface area contributed by atoms with Crippen LogP contribution in [0.1, 0.15) is 44.2 Å². The number of rotatable bonds is 3. The standard InChI is InChI=1S/C14H22N2O/c1-11-5-7-14(17-2,8-6-11)13(15)12-4-3-9-16-10-12/h3-4,9-11,13H,5-8,15H2,1-2H3. The third-order valence-corrected chi connectivity index (χ3v) is 4.14. The molecule has 1 unspecified atom stereocenters. The van der Waals surface area contributed by atoms with Crippen LogP contribution in [0.5, 0.6) is 0 Å². The van der Waals surface area contributed by atoms with Gasteiger partial charge in [0, 0.05) is 19.5 Å². The number of ether oxygens (including phenoxy) is 1. The van der Waals surface area contributed by atoms with Crippen molar-refractivity contribution < 1.29 is 4.74 Å². The monoisotopic (exact) mass is 234 g/mol. The fraction of sp³-hybridized carbons (Fsp3) is 0.643. The first-order valence-corrected chi connectivity index (χ1v) is 6.38. The van der Waals surface area contributed by atoms with Crippen LogP contribution < -0.4 is 5.73 Å². The first kappa shape index (κ1) is 12.5. The van der Waals surface area contributed by atoms with Crippen LogP contribution in [0.25, 0.3) is 0 Å². The maximum absolute atomic E-state index is 6.40. The topological polar surface area (TPSA) is 48.1 Å². The van der Waals surface area contributed by atoms with Crippen molar-refractivity contribution in [3.63, 3.8) is 0 Å². The zero-order valence-corrected chi connectivity index (χ0v) is 10.7. The molecule has 1 aliphatic carbocycles. The Morgan fingerprint density at radius 2 is 2.18 bits per heavy atom. The van der Waals surface area contributed by atoms with Crippen molar-refractivity contribution in [2.45, 2.75) is 44.2 Å². The highest BCUT2D eigenvalue weighted by Gasteiger charge is 2.40. The SMILES string of the molecule is COC1(C(N)c2cccnc2)CCC(C)CC1. The van der Waals surface area contributed by atoms with E-state index in [-0.39, 0.29) is 11.6 Å². The van der Waals surface area contributed by atoms with Crippen molar-refractivity contribution >= 4 is 0 Å². The zero-order valence-electron chi connectivity index (χ0n) is 10.7. The van der Waals surface area contributed by atoms with E-state index >= 15 is 0 Å². The molecule has 0 aliphatic heterocycles. The number of methoxy groups -OCH3 is 1. The Morgan fingerprint density at radius 3 is 2.71 bits per heavy atom. The van der Waals surface area contributed by atoms with Crippen LogP contribution in [0, 0.1) is 5.92 Å². The second-order valence-electron chi connectivity index (χ2n) is 5.22. The predicted molar refractivity (Wildman–Crippen MR) is 68.5 cm³/mol. The summed E-state index contributed by atoms with van der Waals surface area (Å²) in [6, 6.07) is 3.90. The van der Waals surface area contributed by atoms with E-state index in [4.69, 9.17) is 10.5 Å². The summed E-state index contributed by atoms with van der Waals surface area (Å²) in [6.07, 6.45) is 8.10. The Hall–Kier alpha value is -0.930. The number of hydrogen-bond acceptors (Lipinski definition) is 3. The van der Waals surface area contributed by atoms with Crippen LogP contribution in [-0.4, -0.2) is 17.7 Å². The van der Waals surface area contributed by atoms with Gasteiger partial charge in [-0.3, -0.25) is 4.98 Å². The lowest BCUT2D eigenvalue weighted by molar-refractivity contribution is -0.0672. The molecule has 3 nitrogen and oxygen atoms in total. The van der Waals surface area contributed by atoms with E-state index in [1.165, 1.54) is 12.8 Å². The van der Waals surface area contributed by atoms with Crippen molar-refractivity contribution in [3.05, 3.63) is 30.1 Å². The molecule has 1 fully saturated rings. The number of aromatic nitrogens is 1. The molecule has 0 aromatic carbocycles. The first-order valence-electron chi connectivity index (χ1n) is 6.38. The molecular weight excluding hydrogens is 212 g/mol. The summed E-state index contributed by atoms with van der Waals surface area (Å²) >= 11 is 0. The fourth-order valence-electron chi connectivity index (χ4n) is 2.76. The third-order valence-electron chi connectivity index (χ3n) is 4.14. The lowest BCUT2D eigenvalue weighted by Crippen LogP contribution is -2.45. The van der Waals surface area contributed by atoms with Gasteiger partial charge in [-0.1, -0.05) is 13.0 Å². The molecule has 0 spiro atoms. The highest BCUT2D eigenvalue weighted by Crippen LogP contribution is 2.41. The van der Waals surface area contributed by atoms with Crippen LogP contribution in [0.2, 0.25) is 0 Å². The quantitative estimate of drug-likeness (QED) is 0.874. The molecule has 1 saturated carbocycles. The molecule has 2 rings (SSSR count). The molecule has 17 heavy (non-hydrogen) atoms. The Morgan fingerprint density at radius 1 is 1.47 bits per heavy atom. The average molecular weight is 234 g/mol. The second kappa shape index (κ2) is 5.15. The lowest BCUT2D eigenvalue weighted by atomic mass is 9.74. The number of hydrogen-bond donors (Lipinski definition) is 1. The Kier molecular flexibility index (Phi) is 3.79. The summed E-state index contributed by atoms with van der Waals surface area (Å²) in [5.74, 6) is 0.791. The molecule has 1 aliphatic rings. The van der Waals surface area contributed by atoms with Gasteiger partial charge < -0.3 is 10.5 Å². The second-order valence-corrected chi connectivity index (χ2v) is 5.22. The third kappa shape index (κ3) is 2.50. The van der Waals surface area contributed by atoms with Crippen LogP contribution in [0.3, 0.4) is 0 Å². The number of nitrogens with two attached hydrogens (primary N) is 1. The van der Waals surface area contributed by atoms with E-state index in [0.717, 1.165) is 24.3 Å². The van der Waals surface area contributed by atoms with Gasteiger partial charge in [-0.05, 0) is 43.2 Å². The maximum atomic E-state index is 6.40. The van der Waals surface area contributed by atoms with E-state index in [9.17, 15) is 0 Å². The number of pyridine rings is 1. The molecule has 1 aromatic rings. The van der Waals surface area contributed by atoms with Crippen molar-refractivity contribution in [2.24, 2.45) is 11.7 Å². The molecule has 0 amide bonds. The van der Waals surface area contributed by atoms with Gasteiger partial charge in [0.15, 0.2) is 0 Å².